The Labute approximate surface area is 174 Å². The van der Waals surface area contributed by atoms with Crippen LogP contribution in [0.15, 0.2) is 24.5 Å². The molecule has 0 aliphatic carbocycles. The second-order valence-corrected chi connectivity index (χ2v) is 7.32. The molecule has 1 fully saturated rings. The third-order valence-electron chi connectivity index (χ3n) is 4.70. The highest BCUT2D eigenvalue weighted by Gasteiger charge is 2.26. The highest BCUT2D eigenvalue weighted by Crippen LogP contribution is 2.27. The first-order valence-corrected chi connectivity index (χ1v) is 9.78. The van der Waals surface area contributed by atoms with E-state index in [9.17, 15) is 9.18 Å². The molecule has 2 aromatic rings. The molecule has 0 radical (unpaired) electrons. The van der Waals surface area contributed by atoms with Gasteiger partial charge in [0.05, 0.1) is 29.0 Å². The molecule has 158 valence electrons. The van der Waals surface area contributed by atoms with Gasteiger partial charge in [-0.1, -0.05) is 0 Å². The summed E-state index contributed by atoms with van der Waals surface area (Å²) in [5.74, 6) is 0.279. The van der Waals surface area contributed by atoms with E-state index >= 15 is 0 Å². The van der Waals surface area contributed by atoms with Crippen molar-refractivity contribution in [3.8, 4) is 11.9 Å². The molecule has 2 heterocycles. The van der Waals surface area contributed by atoms with Crippen molar-refractivity contribution in [3.05, 3.63) is 41.5 Å². The molecule has 1 saturated heterocycles. The van der Waals surface area contributed by atoms with Gasteiger partial charge in [-0.2, -0.15) is 5.26 Å². The lowest BCUT2D eigenvalue weighted by atomic mass is 10.1. The molecule has 8 nitrogen and oxygen atoms in total. The molecular formula is C21H24FN5O3. The number of carbonyl (C=O) groups excluding carboxylic acids is 1. The Balaban J connectivity index is 1.63. The summed E-state index contributed by atoms with van der Waals surface area (Å²) in [5.41, 5.74) is 1.09. The zero-order valence-electron chi connectivity index (χ0n) is 17.2. The first kappa shape index (κ1) is 21.3. The molecule has 0 unspecified atom stereocenters. The number of likely N-dealkylation sites (tertiary alicyclic amines) is 1. The van der Waals surface area contributed by atoms with E-state index in [0.29, 0.717) is 43.2 Å². The highest BCUT2D eigenvalue weighted by atomic mass is 19.1. The average molecular weight is 413 g/mol. The van der Waals surface area contributed by atoms with E-state index in [2.05, 4.69) is 15.3 Å². The lowest BCUT2D eigenvalue weighted by molar-refractivity contribution is 0.0505. The summed E-state index contributed by atoms with van der Waals surface area (Å²) in [6, 6.07) is 6.07. The normalized spacial score (nSPS) is 14.3. The fourth-order valence-corrected chi connectivity index (χ4v) is 3.08. The number of nitrogens with zero attached hydrogens (tertiary/aromatic N) is 4. The fraction of sp³-hybridized carbons (Fsp3) is 0.429. The van der Waals surface area contributed by atoms with Gasteiger partial charge in [0.1, 0.15) is 24.1 Å². The number of rotatable bonds is 5. The van der Waals surface area contributed by atoms with E-state index < -0.39 is 5.82 Å². The van der Waals surface area contributed by atoms with Crippen LogP contribution >= 0.6 is 0 Å². The second kappa shape index (κ2) is 9.39. The maximum atomic E-state index is 14.2. The van der Waals surface area contributed by atoms with E-state index in [4.69, 9.17) is 14.7 Å². The number of hydrogen-bond acceptors (Lipinski definition) is 7. The molecule has 0 bridgehead atoms. The topological polar surface area (TPSA) is 100 Å². The van der Waals surface area contributed by atoms with Gasteiger partial charge >= 0.3 is 6.09 Å². The number of hydrogen-bond donors (Lipinski definition) is 1. The first-order valence-electron chi connectivity index (χ1n) is 9.78. The van der Waals surface area contributed by atoms with Gasteiger partial charge in [-0.25, -0.2) is 19.2 Å². The number of halogens is 1. The summed E-state index contributed by atoms with van der Waals surface area (Å²) in [4.78, 5) is 22.0. The lowest BCUT2D eigenvalue weighted by Gasteiger charge is -2.32. The van der Waals surface area contributed by atoms with Crippen molar-refractivity contribution in [2.45, 2.75) is 45.8 Å². The Kier molecular flexibility index (Phi) is 6.67. The van der Waals surface area contributed by atoms with Gasteiger partial charge in [-0.05, 0) is 39.0 Å². The minimum atomic E-state index is -0.546. The van der Waals surface area contributed by atoms with Crippen molar-refractivity contribution in [2.75, 3.05) is 18.4 Å². The van der Waals surface area contributed by atoms with Crippen molar-refractivity contribution in [2.24, 2.45) is 0 Å². The Hall–Kier alpha value is -3.41. The maximum Gasteiger partial charge on any atom is 0.410 e. The largest absolute Gasteiger partial charge is 0.474 e. The Morgan fingerprint density at radius 3 is 2.70 bits per heavy atom. The van der Waals surface area contributed by atoms with Gasteiger partial charge in [0, 0.05) is 25.9 Å². The van der Waals surface area contributed by atoms with Gasteiger partial charge in [-0.3, -0.25) is 0 Å². The molecular weight excluding hydrogens is 389 g/mol. The minimum Gasteiger partial charge on any atom is -0.474 e. The van der Waals surface area contributed by atoms with Crippen LogP contribution in [0.4, 0.5) is 20.7 Å². The van der Waals surface area contributed by atoms with Crippen LogP contribution in [0.3, 0.4) is 0 Å². The summed E-state index contributed by atoms with van der Waals surface area (Å²) in [7, 11) is 0. The lowest BCUT2D eigenvalue weighted by Crippen LogP contribution is -2.42. The van der Waals surface area contributed by atoms with Gasteiger partial charge < -0.3 is 19.7 Å². The standard InChI is InChI=1S/C21H24FN5O3/c1-13(2)29-21(28)27-8-6-16(7-9-27)30-20-14(3)19(24-12-25-20)26-18-5-4-15(11-23)10-17(18)22/h4-5,10,12-13,16H,6-9H2,1-3H3,(H,24,25,26). The van der Waals surface area contributed by atoms with Crippen LogP contribution < -0.4 is 10.1 Å². The van der Waals surface area contributed by atoms with Crippen molar-refractivity contribution in [3.63, 3.8) is 0 Å². The second-order valence-electron chi connectivity index (χ2n) is 7.32. The average Bonchev–Trinajstić information content (AvgIpc) is 2.72. The van der Waals surface area contributed by atoms with Crippen LogP contribution in [0.5, 0.6) is 5.88 Å². The summed E-state index contributed by atoms with van der Waals surface area (Å²) in [5, 5.41) is 11.8. The van der Waals surface area contributed by atoms with E-state index in [-0.39, 0.29) is 29.6 Å². The molecule has 0 spiro atoms. The number of piperidine rings is 1. The molecule has 3 rings (SSSR count). The van der Waals surface area contributed by atoms with Crippen LogP contribution in [0, 0.1) is 24.1 Å². The Morgan fingerprint density at radius 1 is 1.33 bits per heavy atom. The maximum absolute atomic E-state index is 14.2. The van der Waals surface area contributed by atoms with Crippen LogP contribution in [0.1, 0.15) is 37.8 Å². The summed E-state index contributed by atoms with van der Waals surface area (Å²) < 4.78 is 25.4. The quantitative estimate of drug-likeness (QED) is 0.793. The van der Waals surface area contributed by atoms with E-state index in [1.165, 1.54) is 18.5 Å². The van der Waals surface area contributed by atoms with Crippen molar-refractivity contribution >= 4 is 17.6 Å². The smallest absolute Gasteiger partial charge is 0.410 e. The molecule has 30 heavy (non-hydrogen) atoms. The number of ether oxygens (including phenoxy) is 2. The molecule has 9 heteroatoms. The number of nitrogens with one attached hydrogen (secondary N) is 1. The van der Waals surface area contributed by atoms with E-state index in [0.717, 1.165) is 6.07 Å². The van der Waals surface area contributed by atoms with Crippen molar-refractivity contribution < 1.29 is 18.7 Å². The van der Waals surface area contributed by atoms with Crippen LogP contribution in [-0.4, -0.2) is 46.3 Å². The van der Waals surface area contributed by atoms with Gasteiger partial charge in [0.2, 0.25) is 5.88 Å². The molecule has 1 aromatic heterocycles. The van der Waals surface area contributed by atoms with Gasteiger partial charge in [-0.15, -0.1) is 0 Å². The molecule has 1 aliphatic heterocycles. The van der Waals surface area contributed by atoms with Crippen LogP contribution in [-0.2, 0) is 4.74 Å². The van der Waals surface area contributed by atoms with Crippen molar-refractivity contribution in [1.82, 2.24) is 14.9 Å². The predicted octanol–water partition coefficient (Wildman–Crippen LogP) is 3.93. The number of aromatic nitrogens is 2. The molecule has 1 aliphatic rings. The first-order chi connectivity index (χ1) is 14.4. The number of benzene rings is 1. The zero-order chi connectivity index (χ0) is 21.7. The molecule has 0 saturated carbocycles. The Bertz CT molecular complexity index is 952. The highest BCUT2D eigenvalue weighted by molar-refractivity contribution is 5.68. The Morgan fingerprint density at radius 2 is 2.07 bits per heavy atom. The van der Waals surface area contributed by atoms with Crippen LogP contribution in [0.2, 0.25) is 0 Å². The summed E-state index contributed by atoms with van der Waals surface area (Å²) in [6.07, 6.45) is 2.11. The number of carbonyl (C=O) groups is 1. The monoisotopic (exact) mass is 413 g/mol. The SMILES string of the molecule is Cc1c(Nc2ccc(C#N)cc2F)ncnc1OC1CCN(C(=O)OC(C)C)CC1. The van der Waals surface area contributed by atoms with Gasteiger partial charge in [0.25, 0.3) is 0 Å². The summed E-state index contributed by atoms with van der Waals surface area (Å²) in [6.45, 7) is 6.51. The molecule has 0 atom stereocenters. The fourth-order valence-electron chi connectivity index (χ4n) is 3.08. The number of nitriles is 1. The number of anilines is 2. The van der Waals surface area contributed by atoms with E-state index in [1.807, 2.05) is 19.9 Å². The molecule has 1 N–H and O–H groups in total. The summed E-state index contributed by atoms with van der Waals surface area (Å²) >= 11 is 0. The van der Waals surface area contributed by atoms with Gasteiger partial charge in [0.15, 0.2) is 0 Å². The third kappa shape index (κ3) is 5.14. The molecule has 1 amide bonds. The number of amides is 1. The van der Waals surface area contributed by atoms with E-state index in [1.54, 1.807) is 11.8 Å². The van der Waals surface area contributed by atoms with Crippen LogP contribution in [0.25, 0.3) is 0 Å². The van der Waals surface area contributed by atoms with Crippen molar-refractivity contribution in [1.29, 1.82) is 5.26 Å². The molecule has 1 aromatic carbocycles. The minimum absolute atomic E-state index is 0.0961. The zero-order valence-corrected chi connectivity index (χ0v) is 17.2. The third-order valence-corrected chi connectivity index (χ3v) is 4.70. The predicted molar refractivity (Wildman–Crippen MR) is 108 cm³/mol.